The van der Waals surface area contributed by atoms with Gasteiger partial charge in [-0.25, -0.2) is 0 Å². The van der Waals surface area contributed by atoms with Crippen molar-refractivity contribution in [1.29, 1.82) is 0 Å². The molecule has 0 aliphatic heterocycles. The predicted molar refractivity (Wildman–Crippen MR) is 89.3 cm³/mol. The summed E-state index contributed by atoms with van der Waals surface area (Å²) in [7, 11) is 0. The summed E-state index contributed by atoms with van der Waals surface area (Å²) < 4.78 is 1.04. The lowest BCUT2D eigenvalue weighted by atomic mass is 10.1. The summed E-state index contributed by atoms with van der Waals surface area (Å²) in [6, 6.07) is 21.7. The Labute approximate surface area is 131 Å². The minimum absolute atomic E-state index is 0.0522. The van der Waals surface area contributed by atoms with Crippen molar-refractivity contribution in [3.63, 3.8) is 0 Å². The first-order chi connectivity index (χ1) is 10.2. The zero-order chi connectivity index (χ0) is 14.7. The highest BCUT2D eigenvalue weighted by atomic mass is 79.9. The Morgan fingerprint density at radius 2 is 1.62 bits per heavy atom. The fraction of sp³-hybridized carbons (Fsp3) is 0.0556. The lowest BCUT2D eigenvalue weighted by molar-refractivity contribution is 0.0951. The van der Waals surface area contributed by atoms with Crippen molar-refractivity contribution in [2.45, 2.75) is 6.54 Å². The molecule has 104 valence electrons. The number of benzene rings is 3. The summed E-state index contributed by atoms with van der Waals surface area (Å²) >= 11 is 3.45. The van der Waals surface area contributed by atoms with Crippen LogP contribution < -0.4 is 5.32 Å². The number of nitrogens with one attached hydrogen (secondary N) is 1. The molecule has 0 unspecified atom stereocenters. The summed E-state index contributed by atoms with van der Waals surface area (Å²) in [5.74, 6) is -0.0522. The zero-order valence-electron chi connectivity index (χ0n) is 11.3. The summed E-state index contributed by atoms with van der Waals surface area (Å²) in [5.41, 5.74) is 1.77. The van der Waals surface area contributed by atoms with Gasteiger partial charge in [0.1, 0.15) is 0 Å². The molecule has 2 nitrogen and oxygen atoms in total. The fourth-order valence-electron chi connectivity index (χ4n) is 2.24. The van der Waals surface area contributed by atoms with Crippen LogP contribution in [0.1, 0.15) is 15.9 Å². The molecule has 0 saturated heterocycles. The fourth-order valence-corrected chi connectivity index (χ4v) is 2.62. The van der Waals surface area contributed by atoms with E-state index in [1.54, 1.807) is 0 Å². The van der Waals surface area contributed by atoms with Crippen LogP contribution in [0.2, 0.25) is 0 Å². The average Bonchev–Trinajstić information content (AvgIpc) is 2.53. The molecule has 0 saturated carbocycles. The smallest absolute Gasteiger partial charge is 0.251 e. The van der Waals surface area contributed by atoms with Gasteiger partial charge in [0.15, 0.2) is 0 Å². The second kappa shape index (κ2) is 6.10. The number of carbonyl (C=O) groups excluding carboxylic acids is 1. The first-order valence-corrected chi connectivity index (χ1v) is 7.53. The molecule has 1 N–H and O–H groups in total. The van der Waals surface area contributed by atoms with E-state index in [1.165, 1.54) is 0 Å². The summed E-state index contributed by atoms with van der Waals surface area (Å²) in [5, 5.41) is 5.12. The maximum atomic E-state index is 12.2. The Balaban J connectivity index is 1.77. The van der Waals surface area contributed by atoms with E-state index in [1.807, 2.05) is 66.7 Å². The molecule has 21 heavy (non-hydrogen) atoms. The first-order valence-electron chi connectivity index (χ1n) is 6.74. The third kappa shape index (κ3) is 3.31. The van der Waals surface area contributed by atoms with Gasteiger partial charge in [0.05, 0.1) is 0 Å². The molecule has 0 bridgehead atoms. The highest BCUT2D eigenvalue weighted by Gasteiger charge is 2.06. The van der Waals surface area contributed by atoms with Gasteiger partial charge < -0.3 is 5.32 Å². The SMILES string of the molecule is O=C(NCc1ccccc1)c1ccc2cc(Br)ccc2c1. The molecule has 0 radical (unpaired) electrons. The molecule has 0 atom stereocenters. The van der Waals surface area contributed by atoms with E-state index >= 15 is 0 Å². The normalized spacial score (nSPS) is 10.5. The van der Waals surface area contributed by atoms with Gasteiger partial charge in [-0.1, -0.05) is 58.4 Å². The summed E-state index contributed by atoms with van der Waals surface area (Å²) in [6.45, 7) is 0.540. The van der Waals surface area contributed by atoms with Crippen LogP contribution >= 0.6 is 15.9 Å². The van der Waals surface area contributed by atoms with Gasteiger partial charge >= 0.3 is 0 Å². The number of rotatable bonds is 3. The highest BCUT2D eigenvalue weighted by Crippen LogP contribution is 2.21. The van der Waals surface area contributed by atoms with Crippen LogP contribution in [0.25, 0.3) is 10.8 Å². The molecule has 0 aromatic heterocycles. The van der Waals surface area contributed by atoms with Gasteiger partial charge in [-0.15, -0.1) is 0 Å². The Kier molecular flexibility index (Phi) is 4.02. The largest absolute Gasteiger partial charge is 0.348 e. The quantitative estimate of drug-likeness (QED) is 0.746. The Morgan fingerprint density at radius 3 is 2.43 bits per heavy atom. The molecule has 0 fully saturated rings. The van der Waals surface area contributed by atoms with E-state index < -0.39 is 0 Å². The van der Waals surface area contributed by atoms with Gasteiger partial charge in [0.25, 0.3) is 5.91 Å². The van der Waals surface area contributed by atoms with Crippen LogP contribution in [0, 0.1) is 0 Å². The van der Waals surface area contributed by atoms with E-state index in [4.69, 9.17) is 0 Å². The van der Waals surface area contributed by atoms with E-state index in [-0.39, 0.29) is 5.91 Å². The van der Waals surface area contributed by atoms with E-state index in [9.17, 15) is 4.79 Å². The molecule has 0 aliphatic carbocycles. The third-order valence-electron chi connectivity index (χ3n) is 3.36. The molecule has 3 aromatic carbocycles. The lowest BCUT2D eigenvalue weighted by Crippen LogP contribution is -2.22. The van der Waals surface area contributed by atoms with E-state index in [2.05, 4.69) is 21.2 Å². The number of fused-ring (bicyclic) bond motifs is 1. The molecule has 3 heteroatoms. The number of halogens is 1. The van der Waals surface area contributed by atoms with Crippen molar-refractivity contribution in [3.05, 3.63) is 82.3 Å². The number of hydrogen-bond donors (Lipinski definition) is 1. The van der Waals surface area contributed by atoms with Crippen LogP contribution in [0.15, 0.2) is 71.2 Å². The van der Waals surface area contributed by atoms with Crippen molar-refractivity contribution in [3.8, 4) is 0 Å². The van der Waals surface area contributed by atoms with Gasteiger partial charge in [-0.2, -0.15) is 0 Å². The number of hydrogen-bond acceptors (Lipinski definition) is 1. The van der Waals surface area contributed by atoms with Gasteiger partial charge in [-0.3, -0.25) is 4.79 Å². The third-order valence-corrected chi connectivity index (χ3v) is 3.85. The number of carbonyl (C=O) groups is 1. The van der Waals surface area contributed by atoms with Gasteiger partial charge in [-0.05, 0) is 40.6 Å². The standard InChI is InChI=1S/C18H14BrNO/c19-17-9-8-14-10-16(7-6-15(14)11-17)18(21)20-12-13-4-2-1-3-5-13/h1-11H,12H2,(H,20,21). The van der Waals surface area contributed by atoms with E-state index in [0.29, 0.717) is 12.1 Å². The minimum atomic E-state index is -0.0522. The lowest BCUT2D eigenvalue weighted by Gasteiger charge is -2.07. The zero-order valence-corrected chi connectivity index (χ0v) is 12.9. The predicted octanol–water partition coefficient (Wildman–Crippen LogP) is 4.53. The van der Waals surface area contributed by atoms with Crippen molar-refractivity contribution in [2.75, 3.05) is 0 Å². The monoisotopic (exact) mass is 339 g/mol. The van der Waals surface area contributed by atoms with Crippen LogP contribution in [0.3, 0.4) is 0 Å². The highest BCUT2D eigenvalue weighted by molar-refractivity contribution is 9.10. The average molecular weight is 340 g/mol. The topological polar surface area (TPSA) is 29.1 Å². The van der Waals surface area contributed by atoms with Crippen molar-refractivity contribution in [2.24, 2.45) is 0 Å². The van der Waals surface area contributed by atoms with Crippen molar-refractivity contribution in [1.82, 2.24) is 5.32 Å². The maximum Gasteiger partial charge on any atom is 0.251 e. The van der Waals surface area contributed by atoms with Crippen LogP contribution in [-0.4, -0.2) is 5.91 Å². The van der Waals surface area contributed by atoms with Gasteiger partial charge in [0, 0.05) is 16.6 Å². The Morgan fingerprint density at radius 1 is 0.905 bits per heavy atom. The molecule has 3 rings (SSSR count). The molecule has 0 spiro atoms. The van der Waals surface area contributed by atoms with Crippen LogP contribution in [0.5, 0.6) is 0 Å². The number of amides is 1. The second-order valence-corrected chi connectivity index (χ2v) is 5.79. The Hall–Kier alpha value is -2.13. The van der Waals surface area contributed by atoms with Crippen molar-refractivity contribution < 1.29 is 4.79 Å². The first kappa shape index (κ1) is 13.8. The molecule has 1 amide bonds. The van der Waals surface area contributed by atoms with E-state index in [0.717, 1.165) is 20.8 Å². The molecule has 3 aromatic rings. The molecule has 0 aliphatic rings. The Bertz CT molecular complexity index is 784. The molecular formula is C18H14BrNO. The van der Waals surface area contributed by atoms with Gasteiger partial charge in [0.2, 0.25) is 0 Å². The van der Waals surface area contributed by atoms with Crippen LogP contribution in [0.4, 0.5) is 0 Å². The summed E-state index contributed by atoms with van der Waals surface area (Å²) in [6.07, 6.45) is 0. The summed E-state index contributed by atoms with van der Waals surface area (Å²) in [4.78, 5) is 12.2. The van der Waals surface area contributed by atoms with Crippen molar-refractivity contribution >= 4 is 32.6 Å². The molecule has 0 heterocycles. The minimum Gasteiger partial charge on any atom is -0.348 e. The van der Waals surface area contributed by atoms with Crippen LogP contribution in [-0.2, 0) is 6.54 Å². The second-order valence-electron chi connectivity index (χ2n) is 4.87. The molecular weight excluding hydrogens is 326 g/mol. The maximum absolute atomic E-state index is 12.2.